The molecule has 0 fully saturated rings. The summed E-state index contributed by atoms with van der Waals surface area (Å²) in [4.78, 5) is 12.4. The highest BCUT2D eigenvalue weighted by atomic mass is 32.2. The van der Waals surface area contributed by atoms with Crippen molar-refractivity contribution in [2.75, 3.05) is 24.3 Å². The molecule has 144 valence electrons. The van der Waals surface area contributed by atoms with Crippen LogP contribution in [0.3, 0.4) is 0 Å². The smallest absolute Gasteiger partial charge is 0.234 e. The van der Waals surface area contributed by atoms with Gasteiger partial charge in [0.25, 0.3) is 0 Å². The standard InChI is InChI=1S/C20H20N4O3S/c1-14-5-2-3-6-16(14)24-13-21-23-20(24)28-12-19(25)22-15-7-8-17-18(11-15)27-10-4-9-26-17/h2-3,5-8,11,13H,4,9-10,12H2,1H3,(H,22,25). The largest absolute Gasteiger partial charge is 0.490 e. The Bertz CT molecular complexity index is 989. The lowest BCUT2D eigenvalue weighted by atomic mass is 10.2. The molecule has 2 aromatic carbocycles. The molecule has 0 bridgehead atoms. The van der Waals surface area contributed by atoms with Crippen molar-refractivity contribution < 1.29 is 14.3 Å². The molecule has 2 heterocycles. The molecule has 28 heavy (non-hydrogen) atoms. The summed E-state index contributed by atoms with van der Waals surface area (Å²) < 4.78 is 13.2. The highest BCUT2D eigenvalue weighted by Crippen LogP contribution is 2.32. The van der Waals surface area contributed by atoms with E-state index < -0.39 is 0 Å². The van der Waals surface area contributed by atoms with Crippen LogP contribution in [0.5, 0.6) is 11.5 Å². The number of ether oxygens (including phenoxy) is 2. The van der Waals surface area contributed by atoms with Crippen molar-refractivity contribution in [3.63, 3.8) is 0 Å². The molecule has 1 amide bonds. The number of nitrogens with one attached hydrogen (secondary N) is 1. The van der Waals surface area contributed by atoms with Gasteiger partial charge in [-0.1, -0.05) is 30.0 Å². The number of nitrogens with zero attached hydrogens (tertiary/aromatic N) is 3. The Hall–Kier alpha value is -3.00. The maximum Gasteiger partial charge on any atom is 0.234 e. The number of anilines is 1. The molecule has 0 atom stereocenters. The first-order chi connectivity index (χ1) is 13.7. The number of aryl methyl sites for hydroxylation is 1. The zero-order valence-electron chi connectivity index (χ0n) is 15.4. The molecule has 3 aromatic rings. The topological polar surface area (TPSA) is 78.3 Å². The molecular weight excluding hydrogens is 376 g/mol. The van der Waals surface area contributed by atoms with Gasteiger partial charge in [-0.15, -0.1) is 10.2 Å². The second kappa shape index (κ2) is 8.35. The van der Waals surface area contributed by atoms with Crippen molar-refractivity contribution in [3.8, 4) is 17.2 Å². The number of carbonyl (C=O) groups excluding carboxylic acids is 1. The number of amides is 1. The van der Waals surface area contributed by atoms with Gasteiger partial charge >= 0.3 is 0 Å². The summed E-state index contributed by atoms with van der Waals surface area (Å²) in [6, 6.07) is 13.4. The van der Waals surface area contributed by atoms with Crippen molar-refractivity contribution >= 4 is 23.4 Å². The van der Waals surface area contributed by atoms with E-state index >= 15 is 0 Å². The van der Waals surface area contributed by atoms with Crippen molar-refractivity contribution in [2.24, 2.45) is 0 Å². The monoisotopic (exact) mass is 396 g/mol. The summed E-state index contributed by atoms with van der Waals surface area (Å²) in [7, 11) is 0. The Labute approximate surface area is 167 Å². The Kier molecular flexibility index (Phi) is 5.48. The van der Waals surface area contributed by atoms with E-state index in [1.807, 2.05) is 47.9 Å². The SMILES string of the molecule is Cc1ccccc1-n1cnnc1SCC(=O)Nc1ccc2c(c1)OCCCO2. The van der Waals surface area contributed by atoms with E-state index in [-0.39, 0.29) is 11.7 Å². The van der Waals surface area contributed by atoms with Crippen LogP contribution < -0.4 is 14.8 Å². The predicted octanol–water partition coefficient (Wildman–Crippen LogP) is 3.47. The second-order valence-electron chi connectivity index (χ2n) is 6.32. The molecule has 1 N–H and O–H groups in total. The second-order valence-corrected chi connectivity index (χ2v) is 7.26. The van der Waals surface area contributed by atoms with Gasteiger partial charge in [0, 0.05) is 18.2 Å². The summed E-state index contributed by atoms with van der Waals surface area (Å²) in [5, 5.41) is 11.7. The Balaban J connectivity index is 1.40. The van der Waals surface area contributed by atoms with Gasteiger partial charge in [0.15, 0.2) is 16.7 Å². The van der Waals surface area contributed by atoms with Gasteiger partial charge in [0.2, 0.25) is 5.91 Å². The molecule has 1 aliphatic rings. The van der Waals surface area contributed by atoms with Crippen molar-refractivity contribution in [1.82, 2.24) is 14.8 Å². The van der Waals surface area contributed by atoms with Crippen LogP contribution in [0.4, 0.5) is 5.69 Å². The van der Waals surface area contributed by atoms with Crippen LogP contribution in [0.25, 0.3) is 5.69 Å². The maximum absolute atomic E-state index is 12.4. The van der Waals surface area contributed by atoms with Gasteiger partial charge in [0.05, 0.1) is 24.7 Å². The molecule has 0 unspecified atom stereocenters. The first kappa shape index (κ1) is 18.4. The Morgan fingerprint density at radius 3 is 2.86 bits per heavy atom. The lowest BCUT2D eigenvalue weighted by Gasteiger charge is -2.11. The van der Waals surface area contributed by atoms with Gasteiger partial charge in [-0.2, -0.15) is 0 Å². The minimum Gasteiger partial charge on any atom is -0.490 e. The minimum absolute atomic E-state index is 0.126. The zero-order chi connectivity index (χ0) is 19.3. The maximum atomic E-state index is 12.4. The summed E-state index contributed by atoms with van der Waals surface area (Å²) in [6.45, 7) is 3.27. The first-order valence-electron chi connectivity index (χ1n) is 8.99. The van der Waals surface area contributed by atoms with Crippen molar-refractivity contribution in [3.05, 3.63) is 54.4 Å². The van der Waals surface area contributed by atoms with E-state index in [2.05, 4.69) is 15.5 Å². The van der Waals surface area contributed by atoms with E-state index in [4.69, 9.17) is 9.47 Å². The quantitative estimate of drug-likeness (QED) is 0.666. The lowest BCUT2D eigenvalue weighted by molar-refractivity contribution is -0.113. The molecule has 1 aromatic heterocycles. The number of aromatic nitrogens is 3. The van der Waals surface area contributed by atoms with Crippen LogP contribution in [-0.4, -0.2) is 39.6 Å². The number of hydrogen-bond donors (Lipinski definition) is 1. The van der Waals surface area contributed by atoms with Crippen LogP contribution in [0.1, 0.15) is 12.0 Å². The minimum atomic E-state index is -0.126. The van der Waals surface area contributed by atoms with Crippen LogP contribution >= 0.6 is 11.8 Å². The number of thioether (sulfide) groups is 1. The summed E-state index contributed by atoms with van der Waals surface area (Å²) in [6.07, 6.45) is 2.50. The van der Waals surface area contributed by atoms with E-state index in [1.165, 1.54) is 11.8 Å². The Morgan fingerprint density at radius 2 is 2.00 bits per heavy atom. The van der Waals surface area contributed by atoms with E-state index in [0.717, 1.165) is 17.7 Å². The van der Waals surface area contributed by atoms with E-state index in [1.54, 1.807) is 12.4 Å². The van der Waals surface area contributed by atoms with Crippen molar-refractivity contribution in [2.45, 2.75) is 18.5 Å². The highest BCUT2D eigenvalue weighted by Gasteiger charge is 2.14. The summed E-state index contributed by atoms with van der Waals surface area (Å²) in [5.41, 5.74) is 2.79. The first-order valence-corrected chi connectivity index (χ1v) is 9.97. The molecule has 0 saturated heterocycles. The molecule has 0 spiro atoms. The molecule has 8 heteroatoms. The number of para-hydroxylation sites is 1. The lowest BCUT2D eigenvalue weighted by Crippen LogP contribution is -2.14. The normalized spacial score (nSPS) is 13.0. The predicted molar refractivity (Wildman–Crippen MR) is 107 cm³/mol. The van der Waals surface area contributed by atoms with Crippen LogP contribution in [0.2, 0.25) is 0 Å². The van der Waals surface area contributed by atoms with E-state index in [9.17, 15) is 4.79 Å². The van der Waals surface area contributed by atoms with Crippen LogP contribution in [-0.2, 0) is 4.79 Å². The fraction of sp³-hybridized carbons (Fsp3) is 0.250. The molecule has 7 nitrogen and oxygen atoms in total. The number of fused-ring (bicyclic) bond motifs is 1. The van der Waals surface area contributed by atoms with Gasteiger partial charge in [-0.05, 0) is 30.7 Å². The van der Waals surface area contributed by atoms with Crippen molar-refractivity contribution in [1.29, 1.82) is 0 Å². The van der Waals surface area contributed by atoms with Gasteiger partial charge in [-0.25, -0.2) is 0 Å². The average Bonchev–Trinajstić information content (AvgIpc) is 3.03. The van der Waals surface area contributed by atoms with E-state index in [0.29, 0.717) is 35.6 Å². The summed E-state index contributed by atoms with van der Waals surface area (Å²) in [5.74, 6) is 1.45. The molecule has 1 aliphatic heterocycles. The molecule has 0 radical (unpaired) electrons. The zero-order valence-corrected chi connectivity index (χ0v) is 16.2. The highest BCUT2D eigenvalue weighted by molar-refractivity contribution is 7.99. The van der Waals surface area contributed by atoms with Gasteiger partial charge in [0.1, 0.15) is 6.33 Å². The Morgan fingerprint density at radius 1 is 1.18 bits per heavy atom. The molecule has 4 rings (SSSR count). The third-order valence-corrected chi connectivity index (χ3v) is 5.20. The number of carbonyl (C=O) groups is 1. The van der Waals surface area contributed by atoms with Crippen LogP contribution in [0.15, 0.2) is 53.9 Å². The van der Waals surface area contributed by atoms with Crippen LogP contribution in [0, 0.1) is 6.92 Å². The third kappa shape index (κ3) is 4.12. The average molecular weight is 396 g/mol. The third-order valence-electron chi connectivity index (χ3n) is 4.26. The molecule has 0 saturated carbocycles. The summed E-state index contributed by atoms with van der Waals surface area (Å²) >= 11 is 1.34. The molecule has 0 aliphatic carbocycles. The van der Waals surface area contributed by atoms with Gasteiger partial charge < -0.3 is 14.8 Å². The fourth-order valence-corrected chi connectivity index (χ4v) is 3.61. The number of hydrogen-bond acceptors (Lipinski definition) is 6. The fourth-order valence-electron chi connectivity index (χ4n) is 2.89. The number of benzene rings is 2. The number of rotatable bonds is 5. The molecular formula is C20H20N4O3S. The van der Waals surface area contributed by atoms with Gasteiger partial charge in [-0.3, -0.25) is 9.36 Å².